The Hall–Kier alpha value is -4.17. The summed E-state index contributed by atoms with van der Waals surface area (Å²) in [5, 5.41) is 4.40. The SMILES string of the molecule is O=c1/c(=C/c2cccc(Oc3ccccc3)c2)sc2nc(C3COc4ccccc4O3)nn12. The Bertz CT molecular complexity index is 1560. The summed E-state index contributed by atoms with van der Waals surface area (Å²) in [4.78, 5) is 18.0. The molecule has 1 unspecified atom stereocenters. The van der Waals surface area contributed by atoms with Gasteiger partial charge in [0.1, 0.15) is 18.1 Å². The average Bonchev–Trinajstić information content (AvgIpc) is 3.39. The lowest BCUT2D eigenvalue weighted by molar-refractivity contribution is 0.0852. The van der Waals surface area contributed by atoms with Crippen molar-refractivity contribution in [3.05, 3.63) is 105 Å². The molecule has 0 N–H and O–H groups in total. The highest BCUT2D eigenvalue weighted by Gasteiger charge is 2.27. The third kappa shape index (κ3) is 3.81. The van der Waals surface area contributed by atoms with Crippen LogP contribution in [0.5, 0.6) is 23.0 Å². The molecule has 3 heterocycles. The van der Waals surface area contributed by atoms with Crippen LogP contribution in [-0.4, -0.2) is 21.2 Å². The summed E-state index contributed by atoms with van der Waals surface area (Å²) in [7, 11) is 0. The van der Waals surface area contributed by atoms with Gasteiger partial charge in [-0.25, -0.2) is 0 Å². The normalized spacial score (nSPS) is 15.6. The molecule has 3 aromatic carbocycles. The predicted octanol–water partition coefficient (Wildman–Crippen LogP) is 4.00. The molecule has 1 aliphatic heterocycles. The molecule has 0 amide bonds. The summed E-state index contributed by atoms with van der Waals surface area (Å²) < 4.78 is 19.5. The van der Waals surface area contributed by atoms with E-state index in [0.717, 1.165) is 11.3 Å². The molecule has 33 heavy (non-hydrogen) atoms. The van der Waals surface area contributed by atoms with Crippen LogP contribution in [0, 0.1) is 0 Å². The molecule has 0 bridgehead atoms. The zero-order valence-electron chi connectivity index (χ0n) is 17.3. The molecule has 0 fully saturated rings. The fourth-order valence-electron chi connectivity index (χ4n) is 3.58. The number of ether oxygens (including phenoxy) is 3. The van der Waals surface area contributed by atoms with Gasteiger partial charge < -0.3 is 14.2 Å². The van der Waals surface area contributed by atoms with Crippen molar-refractivity contribution in [1.29, 1.82) is 0 Å². The number of thiazole rings is 1. The minimum atomic E-state index is -0.467. The van der Waals surface area contributed by atoms with Gasteiger partial charge in [-0.3, -0.25) is 4.79 Å². The van der Waals surface area contributed by atoms with E-state index in [2.05, 4.69) is 10.1 Å². The summed E-state index contributed by atoms with van der Waals surface area (Å²) in [6, 6.07) is 24.6. The number of benzene rings is 3. The number of rotatable bonds is 4. The summed E-state index contributed by atoms with van der Waals surface area (Å²) in [5.74, 6) is 3.20. The maximum atomic E-state index is 12.9. The van der Waals surface area contributed by atoms with Crippen molar-refractivity contribution >= 4 is 22.4 Å². The molecule has 0 saturated heterocycles. The number of hydrogen-bond donors (Lipinski definition) is 0. The van der Waals surface area contributed by atoms with Crippen LogP contribution in [0.2, 0.25) is 0 Å². The molecule has 7 nitrogen and oxygen atoms in total. The van der Waals surface area contributed by atoms with E-state index in [0.29, 0.717) is 32.6 Å². The first kappa shape index (κ1) is 19.5. The van der Waals surface area contributed by atoms with Crippen molar-refractivity contribution < 1.29 is 14.2 Å². The van der Waals surface area contributed by atoms with E-state index in [-0.39, 0.29) is 12.2 Å². The number of nitrogens with zero attached hydrogens (tertiary/aromatic N) is 3. The Labute approximate surface area is 192 Å². The van der Waals surface area contributed by atoms with Crippen LogP contribution < -0.4 is 24.3 Å². The van der Waals surface area contributed by atoms with Gasteiger partial charge in [-0.05, 0) is 48.0 Å². The number of para-hydroxylation sites is 3. The van der Waals surface area contributed by atoms with Crippen LogP contribution in [0.15, 0.2) is 83.7 Å². The second-order valence-electron chi connectivity index (χ2n) is 7.43. The van der Waals surface area contributed by atoms with Gasteiger partial charge >= 0.3 is 0 Å². The molecule has 2 aromatic heterocycles. The van der Waals surface area contributed by atoms with Crippen LogP contribution in [-0.2, 0) is 0 Å². The Balaban J connectivity index is 1.28. The van der Waals surface area contributed by atoms with Gasteiger partial charge in [0.2, 0.25) is 4.96 Å². The molecule has 6 rings (SSSR count). The van der Waals surface area contributed by atoms with Crippen LogP contribution in [0.4, 0.5) is 0 Å². The van der Waals surface area contributed by atoms with Gasteiger partial charge in [-0.2, -0.15) is 9.50 Å². The number of aromatic nitrogens is 3. The summed E-state index contributed by atoms with van der Waals surface area (Å²) in [6.45, 7) is 0.288. The first-order chi connectivity index (χ1) is 16.2. The zero-order chi connectivity index (χ0) is 22.2. The fourth-order valence-corrected chi connectivity index (χ4v) is 4.49. The van der Waals surface area contributed by atoms with Gasteiger partial charge in [0.05, 0.1) is 4.53 Å². The smallest absolute Gasteiger partial charge is 0.291 e. The lowest BCUT2D eigenvalue weighted by atomic mass is 10.2. The van der Waals surface area contributed by atoms with E-state index in [4.69, 9.17) is 14.2 Å². The molecule has 1 atom stereocenters. The van der Waals surface area contributed by atoms with Crippen LogP contribution in [0.3, 0.4) is 0 Å². The quantitative estimate of drug-likeness (QED) is 0.408. The second-order valence-corrected chi connectivity index (χ2v) is 8.44. The molecule has 5 aromatic rings. The average molecular weight is 455 g/mol. The Morgan fingerprint density at radius 2 is 1.76 bits per heavy atom. The van der Waals surface area contributed by atoms with Gasteiger partial charge in [0, 0.05) is 0 Å². The van der Waals surface area contributed by atoms with Crippen LogP contribution in [0.1, 0.15) is 17.5 Å². The van der Waals surface area contributed by atoms with E-state index >= 15 is 0 Å². The summed E-state index contributed by atoms with van der Waals surface area (Å²) >= 11 is 1.28. The predicted molar refractivity (Wildman–Crippen MR) is 124 cm³/mol. The molecule has 0 spiro atoms. The Morgan fingerprint density at radius 3 is 2.61 bits per heavy atom. The molecule has 0 aliphatic carbocycles. The van der Waals surface area contributed by atoms with Gasteiger partial charge in [-0.1, -0.05) is 53.8 Å². The van der Waals surface area contributed by atoms with Gasteiger partial charge in [-0.15, -0.1) is 5.10 Å². The summed E-state index contributed by atoms with van der Waals surface area (Å²) in [5.41, 5.74) is 0.631. The topological polar surface area (TPSA) is 75.0 Å². The van der Waals surface area contributed by atoms with Crippen molar-refractivity contribution in [3.8, 4) is 23.0 Å². The maximum absolute atomic E-state index is 12.9. The van der Waals surface area contributed by atoms with Crippen LogP contribution >= 0.6 is 11.3 Å². The van der Waals surface area contributed by atoms with E-state index in [9.17, 15) is 4.79 Å². The first-order valence-corrected chi connectivity index (χ1v) is 11.2. The molecular formula is C25H17N3O4S. The molecule has 0 radical (unpaired) electrons. The van der Waals surface area contributed by atoms with Crippen LogP contribution in [0.25, 0.3) is 11.0 Å². The molecule has 8 heteroatoms. The maximum Gasteiger partial charge on any atom is 0.291 e. The largest absolute Gasteiger partial charge is 0.485 e. The molecule has 0 saturated carbocycles. The minimum absolute atomic E-state index is 0.222. The van der Waals surface area contributed by atoms with E-state index < -0.39 is 6.10 Å². The van der Waals surface area contributed by atoms with Crippen molar-refractivity contribution in [2.75, 3.05) is 6.61 Å². The Kier molecular flexibility index (Phi) is 4.77. The third-order valence-electron chi connectivity index (χ3n) is 5.13. The highest BCUT2D eigenvalue weighted by molar-refractivity contribution is 7.15. The van der Waals surface area contributed by atoms with Crippen molar-refractivity contribution in [3.63, 3.8) is 0 Å². The van der Waals surface area contributed by atoms with Crippen molar-refractivity contribution in [1.82, 2.24) is 14.6 Å². The lowest BCUT2D eigenvalue weighted by Gasteiger charge is -2.24. The second kappa shape index (κ2) is 8.07. The summed E-state index contributed by atoms with van der Waals surface area (Å²) in [6.07, 6.45) is 1.35. The van der Waals surface area contributed by atoms with E-state index in [1.54, 1.807) is 0 Å². The van der Waals surface area contributed by atoms with Gasteiger partial charge in [0.25, 0.3) is 5.56 Å². The third-order valence-corrected chi connectivity index (χ3v) is 6.09. The molecular weight excluding hydrogens is 438 g/mol. The standard InChI is InChI=1S/C25H17N3O4S/c29-24-22(14-16-7-6-10-18(13-16)31-17-8-2-1-3-9-17)33-25-26-23(27-28(24)25)21-15-30-19-11-4-5-12-20(19)32-21/h1-14,21H,15H2/b22-14-. The first-order valence-electron chi connectivity index (χ1n) is 10.4. The number of hydrogen-bond acceptors (Lipinski definition) is 7. The lowest BCUT2D eigenvalue weighted by Crippen LogP contribution is -2.26. The highest BCUT2D eigenvalue weighted by atomic mass is 32.1. The Morgan fingerprint density at radius 1 is 0.970 bits per heavy atom. The minimum Gasteiger partial charge on any atom is -0.485 e. The zero-order valence-corrected chi connectivity index (χ0v) is 18.1. The van der Waals surface area contributed by atoms with E-state index in [1.807, 2.05) is 84.9 Å². The van der Waals surface area contributed by atoms with E-state index in [1.165, 1.54) is 15.9 Å². The fraction of sp³-hybridized carbons (Fsp3) is 0.0800. The monoisotopic (exact) mass is 455 g/mol. The molecule has 1 aliphatic rings. The van der Waals surface area contributed by atoms with Crippen molar-refractivity contribution in [2.24, 2.45) is 0 Å². The molecule has 162 valence electrons. The number of fused-ring (bicyclic) bond motifs is 2. The van der Waals surface area contributed by atoms with Crippen molar-refractivity contribution in [2.45, 2.75) is 6.10 Å². The van der Waals surface area contributed by atoms with Gasteiger partial charge in [0.15, 0.2) is 23.4 Å². The highest BCUT2D eigenvalue weighted by Crippen LogP contribution is 2.35.